The fourth-order valence-corrected chi connectivity index (χ4v) is 3.28. The van der Waals surface area contributed by atoms with E-state index in [0.29, 0.717) is 12.8 Å². The van der Waals surface area contributed by atoms with E-state index < -0.39 is 10.8 Å². The van der Waals surface area contributed by atoms with Crippen molar-refractivity contribution in [3.63, 3.8) is 0 Å². The van der Waals surface area contributed by atoms with Crippen LogP contribution in [0.15, 0.2) is 24.3 Å². The molecule has 0 bridgehead atoms. The SMILES string of the molecule is C=C[C@]12CC(=O)C[C@@]1(C(=O)OC)CC=C2C. The molecule has 0 aromatic rings. The molecule has 2 atom stereocenters. The van der Waals surface area contributed by atoms with Gasteiger partial charge in [0.1, 0.15) is 5.78 Å². The van der Waals surface area contributed by atoms with E-state index in [1.54, 1.807) is 6.08 Å². The molecule has 3 nitrogen and oxygen atoms in total. The Kier molecular flexibility index (Phi) is 2.30. The number of ketones is 1. The summed E-state index contributed by atoms with van der Waals surface area (Å²) in [5.74, 6) is -0.163. The van der Waals surface area contributed by atoms with Gasteiger partial charge in [0, 0.05) is 18.3 Å². The predicted molar refractivity (Wildman–Crippen MR) is 59.7 cm³/mol. The molecule has 0 heterocycles. The van der Waals surface area contributed by atoms with Crippen molar-refractivity contribution in [2.75, 3.05) is 7.11 Å². The van der Waals surface area contributed by atoms with Crippen LogP contribution in [0.2, 0.25) is 0 Å². The third-order valence-corrected chi connectivity index (χ3v) is 4.21. The first-order chi connectivity index (χ1) is 7.52. The van der Waals surface area contributed by atoms with E-state index in [-0.39, 0.29) is 18.2 Å². The summed E-state index contributed by atoms with van der Waals surface area (Å²) in [4.78, 5) is 23.7. The number of allylic oxidation sites excluding steroid dienone is 3. The van der Waals surface area contributed by atoms with Gasteiger partial charge in [-0.25, -0.2) is 0 Å². The van der Waals surface area contributed by atoms with Gasteiger partial charge in [-0.05, 0) is 13.3 Å². The maximum absolute atomic E-state index is 12.0. The standard InChI is InChI=1S/C13H16O3/c1-4-12-7-10(14)8-13(12,11(15)16-3)6-5-9(12)2/h4-5H,1,6-8H2,2-3H3/t12-,13-/m1/s1. The van der Waals surface area contributed by atoms with Crippen LogP contribution >= 0.6 is 0 Å². The maximum Gasteiger partial charge on any atom is 0.313 e. The Morgan fingerprint density at radius 2 is 2.25 bits per heavy atom. The highest BCUT2D eigenvalue weighted by molar-refractivity contribution is 5.95. The van der Waals surface area contributed by atoms with Gasteiger partial charge >= 0.3 is 5.97 Å². The molecule has 0 N–H and O–H groups in total. The first-order valence-corrected chi connectivity index (χ1v) is 5.43. The lowest BCUT2D eigenvalue weighted by atomic mass is 9.65. The third-order valence-electron chi connectivity index (χ3n) is 4.21. The zero-order valence-electron chi connectivity index (χ0n) is 9.71. The molecule has 2 aliphatic carbocycles. The van der Waals surface area contributed by atoms with Crippen LogP contribution in [0.1, 0.15) is 26.2 Å². The predicted octanol–water partition coefficient (Wildman–Crippen LogP) is 2.03. The number of methoxy groups -OCH3 is 1. The molecule has 0 aromatic carbocycles. The topological polar surface area (TPSA) is 43.4 Å². The Hall–Kier alpha value is -1.38. The molecule has 0 aromatic heterocycles. The van der Waals surface area contributed by atoms with Crippen LogP contribution in [0, 0.1) is 10.8 Å². The summed E-state index contributed by atoms with van der Waals surface area (Å²) in [5, 5.41) is 0. The number of ether oxygens (including phenoxy) is 1. The monoisotopic (exact) mass is 220 g/mol. The Labute approximate surface area is 95.2 Å². The van der Waals surface area contributed by atoms with Gasteiger partial charge in [0.2, 0.25) is 0 Å². The van der Waals surface area contributed by atoms with Crippen LogP contribution in [0.4, 0.5) is 0 Å². The Morgan fingerprint density at radius 1 is 1.56 bits per heavy atom. The molecule has 0 unspecified atom stereocenters. The van der Waals surface area contributed by atoms with Crippen molar-refractivity contribution < 1.29 is 14.3 Å². The van der Waals surface area contributed by atoms with E-state index in [1.807, 2.05) is 13.0 Å². The summed E-state index contributed by atoms with van der Waals surface area (Å²) in [5.41, 5.74) is -0.152. The van der Waals surface area contributed by atoms with Gasteiger partial charge in [-0.3, -0.25) is 9.59 Å². The van der Waals surface area contributed by atoms with Crippen molar-refractivity contribution in [3.05, 3.63) is 24.3 Å². The van der Waals surface area contributed by atoms with Gasteiger partial charge in [-0.1, -0.05) is 17.7 Å². The largest absolute Gasteiger partial charge is 0.469 e. The zero-order chi connectivity index (χ0) is 12.0. The lowest BCUT2D eigenvalue weighted by Gasteiger charge is -2.36. The first-order valence-electron chi connectivity index (χ1n) is 5.43. The highest BCUT2D eigenvalue weighted by atomic mass is 16.5. The molecule has 86 valence electrons. The molecule has 2 aliphatic rings. The van der Waals surface area contributed by atoms with Crippen molar-refractivity contribution in [3.8, 4) is 0 Å². The second-order valence-corrected chi connectivity index (χ2v) is 4.73. The van der Waals surface area contributed by atoms with Gasteiger partial charge in [0.15, 0.2) is 0 Å². The zero-order valence-corrected chi connectivity index (χ0v) is 9.71. The number of fused-ring (bicyclic) bond motifs is 1. The average molecular weight is 220 g/mol. The molecular formula is C13H16O3. The Balaban J connectivity index is 2.56. The van der Waals surface area contributed by atoms with Crippen molar-refractivity contribution in [1.29, 1.82) is 0 Å². The maximum atomic E-state index is 12.0. The van der Waals surface area contributed by atoms with Gasteiger partial charge in [0.05, 0.1) is 12.5 Å². The molecule has 0 radical (unpaired) electrons. The van der Waals surface area contributed by atoms with Crippen molar-refractivity contribution in [2.45, 2.75) is 26.2 Å². The average Bonchev–Trinajstić information content (AvgIpc) is 2.71. The van der Waals surface area contributed by atoms with Crippen molar-refractivity contribution in [1.82, 2.24) is 0 Å². The smallest absolute Gasteiger partial charge is 0.313 e. The summed E-state index contributed by atoms with van der Waals surface area (Å²) < 4.78 is 4.89. The Bertz CT molecular complexity index is 407. The number of carbonyl (C=O) groups excluding carboxylic acids is 2. The van der Waals surface area contributed by atoms with Gasteiger partial charge in [0.25, 0.3) is 0 Å². The lowest BCUT2D eigenvalue weighted by Crippen LogP contribution is -2.40. The molecule has 0 spiro atoms. The summed E-state index contributed by atoms with van der Waals surface area (Å²) >= 11 is 0. The quantitative estimate of drug-likeness (QED) is 0.528. The summed E-state index contributed by atoms with van der Waals surface area (Å²) in [7, 11) is 1.38. The van der Waals surface area contributed by atoms with Crippen molar-refractivity contribution >= 4 is 11.8 Å². The van der Waals surface area contributed by atoms with E-state index in [4.69, 9.17) is 4.74 Å². The van der Waals surface area contributed by atoms with Crippen molar-refractivity contribution in [2.24, 2.45) is 10.8 Å². The van der Waals surface area contributed by atoms with Gasteiger partial charge in [-0.2, -0.15) is 0 Å². The summed E-state index contributed by atoms with van der Waals surface area (Å²) in [6.07, 6.45) is 5.04. The molecular weight excluding hydrogens is 204 g/mol. The van der Waals surface area contributed by atoms with Crippen LogP contribution in [-0.4, -0.2) is 18.9 Å². The number of Topliss-reactive ketones (excluding diaryl/α,β-unsaturated/α-hetero) is 1. The van der Waals surface area contributed by atoms with E-state index in [2.05, 4.69) is 6.58 Å². The number of carbonyl (C=O) groups is 2. The van der Waals surface area contributed by atoms with Crippen LogP contribution in [0.5, 0.6) is 0 Å². The molecule has 16 heavy (non-hydrogen) atoms. The molecule has 1 saturated carbocycles. The number of rotatable bonds is 2. The first kappa shape index (κ1) is 11.1. The van der Waals surface area contributed by atoms with Crippen LogP contribution in [0.25, 0.3) is 0 Å². The number of esters is 1. The van der Waals surface area contributed by atoms with Crippen LogP contribution in [-0.2, 0) is 14.3 Å². The minimum Gasteiger partial charge on any atom is -0.469 e. The van der Waals surface area contributed by atoms with E-state index in [9.17, 15) is 9.59 Å². The summed E-state index contributed by atoms with van der Waals surface area (Å²) in [6, 6.07) is 0. The van der Waals surface area contributed by atoms with Crippen LogP contribution in [0.3, 0.4) is 0 Å². The highest BCUT2D eigenvalue weighted by Crippen LogP contribution is 2.62. The molecule has 2 rings (SSSR count). The molecule has 0 aliphatic heterocycles. The molecule has 1 fully saturated rings. The van der Waals surface area contributed by atoms with E-state index >= 15 is 0 Å². The van der Waals surface area contributed by atoms with Gasteiger partial charge < -0.3 is 4.74 Å². The van der Waals surface area contributed by atoms with Crippen LogP contribution < -0.4 is 0 Å². The summed E-state index contributed by atoms with van der Waals surface area (Å²) in [6.45, 7) is 5.79. The second kappa shape index (κ2) is 3.30. The molecule has 0 saturated heterocycles. The lowest BCUT2D eigenvalue weighted by molar-refractivity contribution is -0.156. The highest BCUT2D eigenvalue weighted by Gasteiger charge is 2.64. The minimum absolute atomic E-state index is 0.123. The number of hydrogen-bond donors (Lipinski definition) is 0. The molecule has 3 heteroatoms. The second-order valence-electron chi connectivity index (χ2n) is 4.73. The fourth-order valence-electron chi connectivity index (χ4n) is 3.28. The fraction of sp³-hybridized carbons (Fsp3) is 0.538. The van der Waals surface area contributed by atoms with E-state index in [0.717, 1.165) is 5.57 Å². The Morgan fingerprint density at radius 3 is 2.81 bits per heavy atom. The normalized spacial score (nSPS) is 36.9. The third kappa shape index (κ3) is 1.03. The molecule has 0 amide bonds. The minimum atomic E-state index is -0.718. The van der Waals surface area contributed by atoms with E-state index in [1.165, 1.54) is 7.11 Å². The van der Waals surface area contributed by atoms with Gasteiger partial charge in [-0.15, -0.1) is 6.58 Å². The number of hydrogen-bond acceptors (Lipinski definition) is 3.